The van der Waals surface area contributed by atoms with Gasteiger partial charge < -0.3 is 19.5 Å². The molecular weight excluding hydrogens is 455 g/mol. The number of nitrogens with zero attached hydrogens (tertiary/aromatic N) is 4. The van der Waals surface area contributed by atoms with Crippen LogP contribution in [0.1, 0.15) is 74.2 Å². The average molecular weight is 493 g/mol. The Balaban J connectivity index is 1.46. The molecule has 2 aliphatic rings. The standard InChI is InChI=1S/C29H37FN4O2/c1-19(2)32(3)29(36)25-16-21(30)6-9-27(25)34-18-26(24-10-13-31-17-28(24)34)20-4-7-22(8-5-20)33-14-11-23(35)12-15-33/h6,9-10,13,16-20,22-23,35H,4-5,7-8,11-12,14-15H2,1-3H3/t20-,22-. The van der Waals surface area contributed by atoms with Gasteiger partial charge in [-0.1, -0.05) is 0 Å². The molecule has 0 spiro atoms. The second kappa shape index (κ2) is 10.3. The van der Waals surface area contributed by atoms with Crippen molar-refractivity contribution in [2.75, 3.05) is 20.1 Å². The minimum atomic E-state index is -0.419. The van der Waals surface area contributed by atoms with Crippen molar-refractivity contribution in [2.45, 2.75) is 76.5 Å². The van der Waals surface area contributed by atoms with Crippen molar-refractivity contribution in [1.29, 1.82) is 0 Å². The molecule has 1 aliphatic heterocycles. The van der Waals surface area contributed by atoms with E-state index in [2.05, 4.69) is 22.1 Å². The van der Waals surface area contributed by atoms with Gasteiger partial charge in [-0.2, -0.15) is 0 Å². The molecule has 6 nitrogen and oxygen atoms in total. The van der Waals surface area contributed by atoms with Crippen LogP contribution in [0, 0.1) is 5.82 Å². The number of fused-ring (bicyclic) bond motifs is 1. The summed E-state index contributed by atoms with van der Waals surface area (Å²) in [6.07, 6.45) is 11.9. The quantitative estimate of drug-likeness (QED) is 0.537. The topological polar surface area (TPSA) is 61.6 Å². The number of amides is 1. The van der Waals surface area contributed by atoms with E-state index in [1.54, 1.807) is 18.0 Å². The Bertz CT molecular complexity index is 1220. The van der Waals surface area contributed by atoms with Crippen molar-refractivity contribution in [1.82, 2.24) is 19.4 Å². The Morgan fingerprint density at radius 3 is 2.53 bits per heavy atom. The number of hydrogen-bond acceptors (Lipinski definition) is 4. The van der Waals surface area contributed by atoms with Gasteiger partial charge in [-0.05, 0) is 88.1 Å². The Morgan fingerprint density at radius 1 is 1.11 bits per heavy atom. The van der Waals surface area contributed by atoms with E-state index in [0.29, 0.717) is 23.2 Å². The lowest BCUT2D eigenvalue weighted by molar-refractivity contribution is 0.0487. The molecule has 7 heteroatoms. The van der Waals surface area contributed by atoms with Crippen molar-refractivity contribution >= 4 is 16.8 Å². The Kier molecular flexibility index (Phi) is 7.13. The third kappa shape index (κ3) is 4.78. The molecule has 3 aromatic rings. The Morgan fingerprint density at radius 2 is 1.83 bits per heavy atom. The molecule has 1 aliphatic carbocycles. The third-order valence-electron chi connectivity index (χ3n) is 8.33. The average Bonchev–Trinajstić information content (AvgIpc) is 3.28. The normalized spacial score (nSPS) is 21.8. The van der Waals surface area contributed by atoms with Crippen molar-refractivity contribution in [3.05, 3.63) is 59.8 Å². The first-order valence-electron chi connectivity index (χ1n) is 13.3. The van der Waals surface area contributed by atoms with Crippen molar-refractivity contribution in [3.8, 4) is 5.69 Å². The molecule has 5 rings (SSSR count). The summed E-state index contributed by atoms with van der Waals surface area (Å²) in [5.74, 6) is -0.183. The maximum Gasteiger partial charge on any atom is 0.256 e. The van der Waals surface area contributed by atoms with Crippen LogP contribution in [0.4, 0.5) is 4.39 Å². The van der Waals surface area contributed by atoms with Gasteiger partial charge in [-0.25, -0.2) is 4.39 Å². The van der Waals surface area contributed by atoms with E-state index >= 15 is 0 Å². The molecule has 36 heavy (non-hydrogen) atoms. The number of aliphatic hydroxyl groups is 1. The van der Waals surface area contributed by atoms with Crippen LogP contribution in [0.5, 0.6) is 0 Å². The van der Waals surface area contributed by atoms with E-state index in [0.717, 1.165) is 62.5 Å². The fraction of sp³-hybridized carbons (Fsp3) is 0.517. The van der Waals surface area contributed by atoms with Crippen LogP contribution in [0.25, 0.3) is 16.6 Å². The lowest BCUT2D eigenvalue weighted by atomic mass is 9.81. The molecule has 0 unspecified atom stereocenters. The van der Waals surface area contributed by atoms with Gasteiger partial charge in [0.25, 0.3) is 5.91 Å². The number of halogens is 1. The second-order valence-electron chi connectivity index (χ2n) is 10.8. The Labute approximate surface area is 212 Å². The predicted molar refractivity (Wildman–Crippen MR) is 140 cm³/mol. The zero-order chi connectivity index (χ0) is 25.4. The maximum atomic E-state index is 14.3. The highest BCUT2D eigenvalue weighted by Gasteiger charge is 2.31. The zero-order valence-electron chi connectivity index (χ0n) is 21.5. The van der Waals surface area contributed by atoms with Gasteiger partial charge in [-0.3, -0.25) is 9.78 Å². The van der Waals surface area contributed by atoms with E-state index < -0.39 is 5.82 Å². The van der Waals surface area contributed by atoms with Crippen molar-refractivity contribution in [2.24, 2.45) is 0 Å². The summed E-state index contributed by atoms with van der Waals surface area (Å²) >= 11 is 0. The van der Waals surface area contributed by atoms with Gasteiger partial charge in [0.15, 0.2) is 0 Å². The zero-order valence-corrected chi connectivity index (χ0v) is 21.5. The number of carbonyl (C=O) groups is 1. The van der Waals surface area contributed by atoms with E-state index in [4.69, 9.17) is 0 Å². The monoisotopic (exact) mass is 492 g/mol. The smallest absolute Gasteiger partial charge is 0.256 e. The van der Waals surface area contributed by atoms with E-state index in [1.807, 2.05) is 30.8 Å². The van der Waals surface area contributed by atoms with Crippen LogP contribution in [0.3, 0.4) is 0 Å². The minimum Gasteiger partial charge on any atom is -0.393 e. The van der Waals surface area contributed by atoms with Crippen molar-refractivity contribution in [3.63, 3.8) is 0 Å². The highest BCUT2D eigenvalue weighted by atomic mass is 19.1. The number of carbonyl (C=O) groups excluding carboxylic acids is 1. The summed E-state index contributed by atoms with van der Waals surface area (Å²) in [6.45, 7) is 5.89. The Hall–Kier alpha value is -2.77. The number of benzene rings is 1. The largest absolute Gasteiger partial charge is 0.393 e. The molecule has 0 atom stereocenters. The molecule has 1 saturated carbocycles. The fourth-order valence-corrected chi connectivity index (χ4v) is 5.94. The number of rotatable bonds is 5. The molecule has 0 bridgehead atoms. The van der Waals surface area contributed by atoms with Gasteiger partial charge >= 0.3 is 0 Å². The summed E-state index contributed by atoms with van der Waals surface area (Å²) in [4.78, 5) is 21.9. The predicted octanol–water partition coefficient (Wildman–Crippen LogP) is 5.13. The van der Waals surface area contributed by atoms with Gasteiger partial charge in [0.2, 0.25) is 0 Å². The lowest BCUT2D eigenvalue weighted by Crippen LogP contribution is -2.44. The van der Waals surface area contributed by atoms with E-state index in [-0.39, 0.29) is 18.1 Å². The van der Waals surface area contributed by atoms with Crippen LogP contribution in [-0.4, -0.2) is 68.7 Å². The molecule has 1 saturated heterocycles. The molecule has 3 heterocycles. The van der Waals surface area contributed by atoms with Gasteiger partial charge in [0.05, 0.1) is 29.1 Å². The fourth-order valence-electron chi connectivity index (χ4n) is 5.94. The lowest BCUT2D eigenvalue weighted by Gasteiger charge is -2.40. The number of likely N-dealkylation sites (tertiary alicyclic amines) is 1. The first kappa shape index (κ1) is 24.9. The number of hydrogen-bond donors (Lipinski definition) is 1. The third-order valence-corrected chi connectivity index (χ3v) is 8.33. The number of piperidine rings is 1. The van der Waals surface area contributed by atoms with Crippen LogP contribution >= 0.6 is 0 Å². The first-order valence-corrected chi connectivity index (χ1v) is 13.3. The van der Waals surface area contributed by atoms with E-state index in [1.165, 1.54) is 17.7 Å². The SMILES string of the molecule is CC(C)N(C)C(=O)c1cc(F)ccc1-n1cc([C@H]2CC[C@H](N3CCC(O)CC3)CC2)c2ccncc21. The van der Waals surface area contributed by atoms with Crippen LogP contribution < -0.4 is 0 Å². The molecule has 1 aromatic carbocycles. The summed E-state index contributed by atoms with van der Waals surface area (Å²) in [5, 5.41) is 11.0. The van der Waals surface area contributed by atoms with Gasteiger partial charge in [-0.15, -0.1) is 0 Å². The van der Waals surface area contributed by atoms with Crippen molar-refractivity contribution < 1.29 is 14.3 Å². The maximum absolute atomic E-state index is 14.3. The van der Waals surface area contributed by atoms with Crippen LogP contribution in [0.2, 0.25) is 0 Å². The second-order valence-corrected chi connectivity index (χ2v) is 10.8. The molecule has 2 aromatic heterocycles. The van der Waals surface area contributed by atoms with Gasteiger partial charge in [0, 0.05) is 50.0 Å². The number of aliphatic hydroxyl groups excluding tert-OH is 1. The molecule has 1 N–H and O–H groups in total. The summed E-state index contributed by atoms with van der Waals surface area (Å²) in [7, 11) is 1.75. The number of pyridine rings is 1. The van der Waals surface area contributed by atoms with E-state index in [9.17, 15) is 14.3 Å². The molecule has 0 radical (unpaired) electrons. The van der Waals surface area contributed by atoms with Gasteiger partial charge in [0.1, 0.15) is 5.82 Å². The molecular formula is C29H37FN4O2. The van der Waals surface area contributed by atoms with Crippen LogP contribution in [-0.2, 0) is 0 Å². The highest BCUT2D eigenvalue weighted by Crippen LogP contribution is 2.40. The first-order chi connectivity index (χ1) is 17.3. The minimum absolute atomic E-state index is 0.00519. The molecule has 192 valence electrons. The molecule has 1 amide bonds. The number of aromatic nitrogens is 2. The highest BCUT2D eigenvalue weighted by molar-refractivity contribution is 5.99. The summed E-state index contributed by atoms with van der Waals surface area (Å²) in [5.41, 5.74) is 3.25. The summed E-state index contributed by atoms with van der Waals surface area (Å²) < 4.78 is 16.3. The summed E-state index contributed by atoms with van der Waals surface area (Å²) in [6, 6.07) is 7.13. The molecule has 2 fully saturated rings. The van der Waals surface area contributed by atoms with Crippen LogP contribution in [0.15, 0.2) is 42.9 Å².